The maximum atomic E-state index is 12.1. The molecular weight excluding hydrogens is 409 g/mol. The molecule has 29 heavy (non-hydrogen) atoms. The number of hydrogen-bond donors (Lipinski definition) is 1. The molecule has 0 unspecified atom stereocenters. The number of unbranched alkanes of at least 4 members (excludes halogenated alkanes) is 7. The van der Waals surface area contributed by atoms with Gasteiger partial charge in [0, 0.05) is 31.8 Å². The first-order valence-electron chi connectivity index (χ1n) is 11.3. The molecule has 0 aliphatic heterocycles. The second-order valence-electron chi connectivity index (χ2n) is 7.79. The van der Waals surface area contributed by atoms with Crippen molar-refractivity contribution in [2.75, 3.05) is 33.3 Å². The zero-order valence-electron chi connectivity index (χ0n) is 18.6. The Kier molecular flexibility index (Phi) is 20.8. The molecule has 0 aromatic heterocycles. The Morgan fingerprint density at radius 1 is 1.00 bits per heavy atom. The van der Waals surface area contributed by atoms with E-state index in [1.807, 2.05) is 0 Å². The minimum absolute atomic E-state index is 0.0368. The minimum Gasteiger partial charge on any atom is -0.394 e. The van der Waals surface area contributed by atoms with E-state index in [1.165, 1.54) is 32.1 Å². The van der Waals surface area contributed by atoms with Crippen LogP contribution in [0.3, 0.4) is 0 Å². The van der Waals surface area contributed by atoms with Crippen molar-refractivity contribution < 1.29 is 14.6 Å². The van der Waals surface area contributed by atoms with Crippen LogP contribution in [-0.2, 0) is 9.53 Å². The highest BCUT2D eigenvalue weighted by Crippen LogP contribution is 2.17. The second-order valence-corrected chi connectivity index (χ2v) is 8.78. The lowest BCUT2D eigenvalue weighted by Crippen LogP contribution is -2.42. The Morgan fingerprint density at radius 2 is 1.59 bits per heavy atom. The zero-order valence-corrected chi connectivity index (χ0v) is 20.1. The van der Waals surface area contributed by atoms with Gasteiger partial charge in [-0.1, -0.05) is 50.7 Å². The first-order chi connectivity index (χ1) is 14.1. The maximum Gasteiger partial charge on any atom is 0.223 e. The number of rotatable bonds is 20. The third kappa shape index (κ3) is 17.1. The van der Waals surface area contributed by atoms with Crippen LogP contribution in [0.2, 0.25) is 0 Å². The largest absolute Gasteiger partial charge is 0.394 e. The summed E-state index contributed by atoms with van der Waals surface area (Å²) in [6, 6.07) is -0.268. The van der Waals surface area contributed by atoms with Gasteiger partial charge in [-0.2, -0.15) is 0 Å². The van der Waals surface area contributed by atoms with Crippen molar-refractivity contribution in [3.63, 3.8) is 0 Å². The highest BCUT2D eigenvalue weighted by Gasteiger charge is 2.18. The van der Waals surface area contributed by atoms with Crippen molar-refractivity contribution in [2.24, 2.45) is 0 Å². The van der Waals surface area contributed by atoms with Crippen molar-refractivity contribution in [2.45, 2.75) is 94.9 Å². The van der Waals surface area contributed by atoms with Gasteiger partial charge in [-0.15, -0.1) is 23.2 Å². The molecule has 0 rings (SSSR count). The third-order valence-electron chi connectivity index (χ3n) is 5.24. The molecule has 0 saturated carbocycles. The van der Waals surface area contributed by atoms with Gasteiger partial charge in [-0.25, -0.2) is 0 Å². The van der Waals surface area contributed by atoms with Gasteiger partial charge in [0.25, 0.3) is 0 Å². The Balaban J connectivity index is 3.60. The summed E-state index contributed by atoms with van der Waals surface area (Å²) in [7, 11) is 3.29. The quantitative estimate of drug-likeness (QED) is 0.142. The van der Waals surface area contributed by atoms with Gasteiger partial charge in [0.15, 0.2) is 0 Å². The Hall–Kier alpha value is -0.290. The number of aliphatic hydroxyl groups excluding tert-OH is 1. The third-order valence-corrected chi connectivity index (χ3v) is 5.95. The number of aliphatic hydroxyl groups is 1. The van der Waals surface area contributed by atoms with E-state index in [-0.39, 0.29) is 18.6 Å². The smallest absolute Gasteiger partial charge is 0.223 e. The molecule has 0 aliphatic carbocycles. The number of allylic oxidation sites excluding steroid dienone is 2. The van der Waals surface area contributed by atoms with Gasteiger partial charge in [0.2, 0.25) is 5.91 Å². The number of carbonyl (C=O) groups excluding carboxylic acids is 1. The monoisotopic (exact) mass is 451 g/mol. The molecule has 0 spiro atoms. The molecule has 172 valence electrons. The SMILES string of the molecule is COC[C@@H](CO)N(C)C(=O)CC/C=C/CCCC[C@H](Cl)CCCCCCCCCl. The predicted molar refractivity (Wildman–Crippen MR) is 125 cm³/mol. The topological polar surface area (TPSA) is 49.8 Å². The van der Waals surface area contributed by atoms with Gasteiger partial charge < -0.3 is 14.7 Å². The Labute approximate surface area is 189 Å². The van der Waals surface area contributed by atoms with Crippen molar-refractivity contribution in [3.8, 4) is 0 Å². The summed E-state index contributed by atoms with van der Waals surface area (Å²) in [5.74, 6) is 0.823. The molecule has 1 N–H and O–H groups in total. The van der Waals surface area contributed by atoms with E-state index in [9.17, 15) is 9.90 Å². The van der Waals surface area contributed by atoms with Crippen molar-refractivity contribution >= 4 is 29.1 Å². The van der Waals surface area contributed by atoms with E-state index in [0.717, 1.165) is 50.8 Å². The van der Waals surface area contributed by atoms with E-state index in [4.69, 9.17) is 27.9 Å². The molecule has 0 radical (unpaired) electrons. The number of hydrogen-bond acceptors (Lipinski definition) is 3. The molecule has 0 bridgehead atoms. The van der Waals surface area contributed by atoms with Crippen LogP contribution in [0.1, 0.15) is 83.5 Å². The summed E-state index contributed by atoms with van der Waals surface area (Å²) < 4.78 is 5.03. The van der Waals surface area contributed by atoms with Crippen LogP contribution in [0.4, 0.5) is 0 Å². The van der Waals surface area contributed by atoms with Crippen LogP contribution in [-0.4, -0.2) is 60.6 Å². The fourth-order valence-corrected chi connectivity index (χ4v) is 3.74. The lowest BCUT2D eigenvalue weighted by molar-refractivity contribution is -0.133. The van der Waals surface area contributed by atoms with Crippen LogP contribution in [0, 0.1) is 0 Å². The fourth-order valence-electron chi connectivity index (χ4n) is 3.24. The average Bonchev–Trinajstić information content (AvgIpc) is 2.72. The van der Waals surface area contributed by atoms with Crippen LogP contribution in [0.25, 0.3) is 0 Å². The van der Waals surface area contributed by atoms with Gasteiger partial charge in [0.1, 0.15) is 0 Å². The lowest BCUT2D eigenvalue weighted by Gasteiger charge is -2.25. The number of nitrogens with zero attached hydrogens (tertiary/aromatic N) is 1. The van der Waals surface area contributed by atoms with E-state index in [2.05, 4.69) is 12.2 Å². The highest BCUT2D eigenvalue weighted by atomic mass is 35.5. The number of likely N-dealkylation sites (N-methyl/N-ethyl adjacent to an activating group) is 1. The lowest BCUT2D eigenvalue weighted by atomic mass is 10.0. The van der Waals surface area contributed by atoms with Gasteiger partial charge in [0.05, 0.1) is 19.3 Å². The number of ether oxygens (including phenoxy) is 1. The molecule has 0 fully saturated rings. The van der Waals surface area contributed by atoms with Crippen LogP contribution in [0.5, 0.6) is 0 Å². The Morgan fingerprint density at radius 3 is 2.21 bits per heavy atom. The van der Waals surface area contributed by atoms with Crippen LogP contribution in [0.15, 0.2) is 12.2 Å². The first-order valence-corrected chi connectivity index (χ1v) is 12.2. The zero-order chi connectivity index (χ0) is 21.7. The average molecular weight is 453 g/mol. The molecule has 0 aliphatic rings. The first kappa shape index (κ1) is 28.7. The van der Waals surface area contributed by atoms with E-state index in [0.29, 0.717) is 18.4 Å². The van der Waals surface area contributed by atoms with Gasteiger partial charge in [-0.3, -0.25) is 4.79 Å². The fraction of sp³-hybridized carbons (Fsp3) is 0.870. The summed E-state index contributed by atoms with van der Waals surface area (Å²) in [5, 5.41) is 9.61. The summed E-state index contributed by atoms with van der Waals surface area (Å²) >= 11 is 12.1. The van der Waals surface area contributed by atoms with Gasteiger partial charge >= 0.3 is 0 Å². The molecule has 6 heteroatoms. The second kappa shape index (κ2) is 21.0. The predicted octanol–water partition coefficient (Wildman–Crippen LogP) is 5.93. The Bertz CT molecular complexity index is 408. The summed E-state index contributed by atoms with van der Waals surface area (Å²) in [5.41, 5.74) is 0. The van der Waals surface area contributed by atoms with E-state index >= 15 is 0 Å². The molecule has 2 atom stereocenters. The number of halogens is 2. The number of alkyl halides is 2. The van der Waals surface area contributed by atoms with E-state index < -0.39 is 0 Å². The maximum absolute atomic E-state index is 12.1. The standard InChI is InChI=1S/C23H43Cl2NO3/c1-26(22(19-27)20-29-2)23(28)17-13-9-4-3-7-11-15-21(25)16-12-8-5-6-10-14-18-24/h4,9,21-22,27H,3,5-8,10-20H2,1-2H3/b9-4+/t21-,22+/m0/s1. The summed E-state index contributed by atoms with van der Waals surface area (Å²) in [6.07, 6.45) is 18.5. The summed E-state index contributed by atoms with van der Waals surface area (Å²) in [6.45, 7) is 0.271. The molecule has 4 nitrogen and oxygen atoms in total. The molecular formula is C23H43Cl2NO3. The van der Waals surface area contributed by atoms with Gasteiger partial charge in [-0.05, 0) is 38.5 Å². The molecule has 0 heterocycles. The molecule has 0 aromatic carbocycles. The molecule has 0 aromatic rings. The van der Waals surface area contributed by atoms with Crippen molar-refractivity contribution in [1.82, 2.24) is 4.90 Å². The molecule has 1 amide bonds. The summed E-state index contributed by atoms with van der Waals surface area (Å²) in [4.78, 5) is 13.7. The van der Waals surface area contributed by atoms with Crippen molar-refractivity contribution in [3.05, 3.63) is 12.2 Å². The highest BCUT2D eigenvalue weighted by molar-refractivity contribution is 6.20. The molecule has 0 saturated heterocycles. The number of methoxy groups -OCH3 is 1. The van der Waals surface area contributed by atoms with Crippen LogP contribution >= 0.6 is 23.2 Å². The van der Waals surface area contributed by atoms with Crippen LogP contribution < -0.4 is 0 Å². The number of carbonyl (C=O) groups is 1. The van der Waals surface area contributed by atoms with E-state index in [1.54, 1.807) is 19.1 Å². The van der Waals surface area contributed by atoms with Crippen molar-refractivity contribution in [1.29, 1.82) is 0 Å². The minimum atomic E-state index is -0.268. The number of amides is 1. The normalized spacial score (nSPS) is 13.7.